The summed E-state index contributed by atoms with van der Waals surface area (Å²) in [6.45, 7) is 11.0. The van der Waals surface area contributed by atoms with Crippen molar-refractivity contribution < 1.29 is 0 Å². The van der Waals surface area contributed by atoms with E-state index in [4.69, 9.17) is 4.98 Å². The molecule has 4 nitrogen and oxygen atoms in total. The van der Waals surface area contributed by atoms with E-state index in [1.165, 1.54) is 12.8 Å². The molecule has 1 aliphatic heterocycles. The van der Waals surface area contributed by atoms with Gasteiger partial charge in [-0.25, -0.2) is 9.97 Å². The van der Waals surface area contributed by atoms with Crippen LogP contribution in [0.3, 0.4) is 0 Å². The zero-order valence-electron chi connectivity index (χ0n) is 13.3. The topological polar surface area (TPSA) is 41.0 Å². The van der Waals surface area contributed by atoms with Crippen molar-refractivity contribution in [2.45, 2.75) is 59.4 Å². The summed E-state index contributed by atoms with van der Waals surface area (Å²) in [6.07, 6.45) is 4.50. The first-order valence-corrected chi connectivity index (χ1v) is 8.02. The number of hydrogen-bond donors (Lipinski definition) is 1. The Hall–Kier alpha value is -1.32. The minimum absolute atomic E-state index is 0.567. The Balaban J connectivity index is 2.21. The monoisotopic (exact) mass is 276 g/mol. The van der Waals surface area contributed by atoms with E-state index in [-0.39, 0.29) is 0 Å². The van der Waals surface area contributed by atoms with Crippen molar-refractivity contribution in [2.75, 3.05) is 23.3 Å². The van der Waals surface area contributed by atoms with E-state index >= 15 is 0 Å². The van der Waals surface area contributed by atoms with Crippen LogP contribution in [-0.2, 0) is 6.42 Å². The summed E-state index contributed by atoms with van der Waals surface area (Å²) in [5.41, 5.74) is 0. The third-order valence-corrected chi connectivity index (χ3v) is 4.06. The average molecular weight is 276 g/mol. The van der Waals surface area contributed by atoms with Gasteiger partial charge in [-0.2, -0.15) is 0 Å². The molecule has 0 aromatic carbocycles. The lowest BCUT2D eigenvalue weighted by molar-refractivity contribution is 0.376. The Labute approximate surface area is 123 Å². The molecule has 2 unspecified atom stereocenters. The van der Waals surface area contributed by atoms with Gasteiger partial charge in [-0.1, -0.05) is 20.8 Å². The molecule has 0 bridgehead atoms. The molecule has 2 heterocycles. The first kappa shape index (κ1) is 15.1. The van der Waals surface area contributed by atoms with Gasteiger partial charge in [0.15, 0.2) is 0 Å². The quantitative estimate of drug-likeness (QED) is 0.894. The van der Waals surface area contributed by atoms with Gasteiger partial charge in [0.05, 0.1) is 0 Å². The number of rotatable bonds is 5. The van der Waals surface area contributed by atoms with Crippen LogP contribution in [0, 0.1) is 5.92 Å². The van der Waals surface area contributed by atoms with Crippen LogP contribution in [-0.4, -0.2) is 29.1 Å². The summed E-state index contributed by atoms with van der Waals surface area (Å²) in [6, 6.07) is 2.68. The molecular formula is C16H28N4. The summed E-state index contributed by atoms with van der Waals surface area (Å²) in [4.78, 5) is 11.8. The summed E-state index contributed by atoms with van der Waals surface area (Å²) < 4.78 is 0. The van der Waals surface area contributed by atoms with E-state index < -0.39 is 0 Å². The van der Waals surface area contributed by atoms with Crippen LogP contribution in [0.25, 0.3) is 0 Å². The van der Waals surface area contributed by atoms with Crippen molar-refractivity contribution in [1.82, 2.24) is 9.97 Å². The maximum Gasteiger partial charge on any atom is 0.134 e. The van der Waals surface area contributed by atoms with E-state index in [1.807, 2.05) is 0 Å². The van der Waals surface area contributed by atoms with Crippen LogP contribution in [0.2, 0.25) is 0 Å². The molecule has 1 saturated heterocycles. The largest absolute Gasteiger partial charge is 0.370 e. The van der Waals surface area contributed by atoms with Crippen molar-refractivity contribution in [2.24, 2.45) is 5.92 Å². The van der Waals surface area contributed by atoms with Crippen LogP contribution < -0.4 is 10.2 Å². The normalized spacial score (nSPS) is 22.9. The van der Waals surface area contributed by atoms with Gasteiger partial charge in [-0.15, -0.1) is 0 Å². The number of piperidine rings is 1. The highest BCUT2D eigenvalue weighted by atomic mass is 15.2. The second-order valence-electron chi connectivity index (χ2n) is 5.98. The molecule has 0 radical (unpaired) electrons. The predicted octanol–water partition coefficient (Wildman–Crippen LogP) is 3.49. The van der Waals surface area contributed by atoms with E-state index in [9.17, 15) is 0 Å². The molecule has 112 valence electrons. The fourth-order valence-corrected chi connectivity index (χ4v) is 2.88. The second kappa shape index (κ2) is 6.91. The highest BCUT2D eigenvalue weighted by molar-refractivity contribution is 5.50. The Bertz CT molecular complexity index is 432. The van der Waals surface area contributed by atoms with Crippen LogP contribution in [0.15, 0.2) is 6.07 Å². The van der Waals surface area contributed by atoms with Crippen molar-refractivity contribution in [1.29, 1.82) is 0 Å². The smallest absolute Gasteiger partial charge is 0.134 e. The van der Waals surface area contributed by atoms with Gasteiger partial charge in [0, 0.05) is 31.6 Å². The summed E-state index contributed by atoms with van der Waals surface area (Å²) in [5, 5.41) is 3.39. The molecule has 1 N–H and O–H groups in total. The molecule has 1 aromatic rings. The molecule has 0 aliphatic carbocycles. The Morgan fingerprint density at radius 1 is 1.30 bits per heavy atom. The van der Waals surface area contributed by atoms with Gasteiger partial charge in [0.25, 0.3) is 0 Å². The van der Waals surface area contributed by atoms with Gasteiger partial charge >= 0.3 is 0 Å². The molecule has 20 heavy (non-hydrogen) atoms. The Morgan fingerprint density at radius 2 is 2.10 bits per heavy atom. The van der Waals surface area contributed by atoms with Gasteiger partial charge < -0.3 is 10.2 Å². The first-order valence-electron chi connectivity index (χ1n) is 8.02. The van der Waals surface area contributed by atoms with Crippen LogP contribution in [0.5, 0.6) is 0 Å². The number of nitrogens with one attached hydrogen (secondary N) is 1. The molecular weight excluding hydrogens is 248 g/mol. The van der Waals surface area contributed by atoms with E-state index in [0.717, 1.165) is 49.3 Å². The molecule has 0 saturated carbocycles. The zero-order valence-corrected chi connectivity index (χ0v) is 13.3. The lowest BCUT2D eigenvalue weighted by atomic mass is 9.93. The number of aromatic nitrogens is 2. The number of nitrogens with zero attached hydrogens (tertiary/aromatic N) is 3. The average Bonchev–Trinajstić information content (AvgIpc) is 2.44. The van der Waals surface area contributed by atoms with E-state index in [1.54, 1.807) is 0 Å². The van der Waals surface area contributed by atoms with Gasteiger partial charge in [-0.05, 0) is 32.1 Å². The fraction of sp³-hybridized carbons (Fsp3) is 0.750. The number of aryl methyl sites for hydroxylation is 1. The fourth-order valence-electron chi connectivity index (χ4n) is 2.88. The standard InChI is InChI=1S/C16H28N4/c1-5-8-17-15-11-16(19-14(6-2)18-15)20-9-7-12(3)10-13(20)4/h11-13H,5-10H2,1-4H3,(H,17,18,19). The van der Waals surface area contributed by atoms with Gasteiger partial charge in [0.1, 0.15) is 17.5 Å². The molecule has 0 spiro atoms. The number of hydrogen-bond acceptors (Lipinski definition) is 4. The van der Waals surface area contributed by atoms with Crippen molar-refractivity contribution in [3.05, 3.63) is 11.9 Å². The SMILES string of the molecule is CCCNc1cc(N2CCC(C)CC2C)nc(CC)n1. The van der Waals surface area contributed by atoms with E-state index in [0.29, 0.717) is 6.04 Å². The van der Waals surface area contributed by atoms with Gasteiger partial charge in [0.2, 0.25) is 0 Å². The molecule has 0 amide bonds. The molecule has 1 fully saturated rings. The van der Waals surface area contributed by atoms with Crippen LogP contribution in [0.1, 0.15) is 52.8 Å². The third-order valence-electron chi connectivity index (χ3n) is 4.06. The minimum Gasteiger partial charge on any atom is -0.370 e. The van der Waals surface area contributed by atoms with Crippen LogP contribution >= 0.6 is 0 Å². The highest BCUT2D eigenvalue weighted by Gasteiger charge is 2.24. The van der Waals surface area contributed by atoms with Crippen molar-refractivity contribution in [3.63, 3.8) is 0 Å². The van der Waals surface area contributed by atoms with Crippen molar-refractivity contribution >= 4 is 11.6 Å². The highest BCUT2D eigenvalue weighted by Crippen LogP contribution is 2.27. The number of anilines is 2. The zero-order chi connectivity index (χ0) is 14.5. The summed E-state index contributed by atoms with van der Waals surface area (Å²) in [5.74, 6) is 3.83. The molecule has 2 atom stereocenters. The van der Waals surface area contributed by atoms with E-state index in [2.05, 4.69) is 49.0 Å². The maximum atomic E-state index is 4.73. The predicted molar refractivity (Wildman–Crippen MR) is 85.4 cm³/mol. The Kier molecular flexibility index (Phi) is 5.21. The molecule has 1 aromatic heterocycles. The molecule has 2 rings (SSSR count). The first-order chi connectivity index (χ1) is 9.63. The second-order valence-corrected chi connectivity index (χ2v) is 5.98. The summed E-state index contributed by atoms with van der Waals surface area (Å²) in [7, 11) is 0. The minimum atomic E-state index is 0.567. The lowest BCUT2D eigenvalue weighted by Gasteiger charge is -2.37. The lowest BCUT2D eigenvalue weighted by Crippen LogP contribution is -2.40. The van der Waals surface area contributed by atoms with Crippen molar-refractivity contribution in [3.8, 4) is 0 Å². The molecule has 4 heteroatoms. The summed E-state index contributed by atoms with van der Waals surface area (Å²) >= 11 is 0. The molecule has 1 aliphatic rings. The third kappa shape index (κ3) is 3.62. The van der Waals surface area contributed by atoms with Crippen LogP contribution in [0.4, 0.5) is 11.6 Å². The van der Waals surface area contributed by atoms with Gasteiger partial charge in [-0.3, -0.25) is 0 Å². The Morgan fingerprint density at radius 3 is 2.75 bits per heavy atom. The maximum absolute atomic E-state index is 4.73.